The van der Waals surface area contributed by atoms with Gasteiger partial charge in [0, 0.05) is 38.7 Å². The Hall–Kier alpha value is -1.68. The molecule has 0 fully saturated rings. The fourth-order valence-electron chi connectivity index (χ4n) is 2.48. The first-order chi connectivity index (χ1) is 13.5. The smallest absolute Gasteiger partial charge is 0.320 e. The molecule has 174 valence electrons. The van der Waals surface area contributed by atoms with Gasteiger partial charge >= 0.3 is 6.03 Å². The van der Waals surface area contributed by atoms with Crippen LogP contribution in [0.4, 0.5) is 4.79 Å². The first kappa shape index (κ1) is 28.3. The normalized spacial score (nSPS) is 17.0. The van der Waals surface area contributed by atoms with E-state index in [0.29, 0.717) is 5.70 Å². The zero-order valence-electron chi connectivity index (χ0n) is 20.1. The monoisotopic (exact) mass is 442 g/mol. The number of carbonyl (C=O) groups excluding carboxylic acids is 1. The van der Waals surface area contributed by atoms with E-state index < -0.39 is 32.6 Å². The summed E-state index contributed by atoms with van der Waals surface area (Å²) in [4.78, 5) is 18.9. The van der Waals surface area contributed by atoms with E-state index in [0.717, 1.165) is 4.90 Å². The van der Waals surface area contributed by atoms with Gasteiger partial charge in [0.1, 0.15) is 6.23 Å². The lowest BCUT2D eigenvalue weighted by molar-refractivity contribution is -0.0539. The van der Waals surface area contributed by atoms with Crippen molar-refractivity contribution in [3.8, 4) is 0 Å². The Labute approximate surface area is 183 Å². The summed E-state index contributed by atoms with van der Waals surface area (Å²) in [5.74, 6) is -0.737. The third-order valence-electron chi connectivity index (χ3n) is 5.50. The predicted octanol–water partition coefficient (Wildman–Crippen LogP) is 2.96. The van der Waals surface area contributed by atoms with Crippen LogP contribution in [0.3, 0.4) is 0 Å². The molecule has 0 aromatic heterocycles. The maximum Gasteiger partial charge on any atom is 0.320 e. The van der Waals surface area contributed by atoms with Crippen molar-refractivity contribution in [2.45, 2.75) is 65.1 Å². The van der Waals surface area contributed by atoms with Crippen LogP contribution in [-0.4, -0.2) is 73.7 Å². The van der Waals surface area contributed by atoms with Crippen LogP contribution in [0, 0.1) is 11.8 Å². The predicted molar refractivity (Wildman–Crippen MR) is 125 cm³/mol. The van der Waals surface area contributed by atoms with E-state index in [1.165, 1.54) is 12.3 Å². The van der Waals surface area contributed by atoms with E-state index in [-0.39, 0.29) is 17.6 Å². The summed E-state index contributed by atoms with van der Waals surface area (Å²) in [6.07, 6.45) is 2.74. The van der Waals surface area contributed by atoms with Gasteiger partial charge in [-0.25, -0.2) is 9.79 Å². The second kappa shape index (κ2) is 11.6. The van der Waals surface area contributed by atoms with Gasteiger partial charge in [-0.15, -0.1) is 0 Å². The number of hydrogen-bond donors (Lipinski definition) is 3. The summed E-state index contributed by atoms with van der Waals surface area (Å²) in [6.45, 7) is 17.9. The van der Waals surface area contributed by atoms with Gasteiger partial charge in [-0.2, -0.15) is 0 Å². The first-order valence-corrected chi connectivity index (χ1v) is 13.1. The minimum atomic E-state index is -2.19. The Morgan fingerprint density at radius 2 is 1.83 bits per heavy atom. The van der Waals surface area contributed by atoms with E-state index >= 15 is 0 Å². The van der Waals surface area contributed by atoms with Gasteiger partial charge < -0.3 is 25.3 Å². The number of urea groups is 1. The lowest BCUT2D eigenvalue weighted by Crippen LogP contribution is -2.53. The highest BCUT2D eigenvalue weighted by atomic mass is 28.4. The molecule has 0 rings (SSSR count). The van der Waals surface area contributed by atoms with Crippen LogP contribution in [-0.2, 0) is 4.43 Å². The molecule has 0 aromatic rings. The van der Waals surface area contributed by atoms with E-state index in [2.05, 4.69) is 45.4 Å². The Morgan fingerprint density at radius 1 is 1.30 bits per heavy atom. The molecule has 0 heterocycles. The summed E-state index contributed by atoms with van der Waals surface area (Å²) < 4.78 is 6.53. The molecule has 2 amide bonds. The highest BCUT2D eigenvalue weighted by Crippen LogP contribution is 2.39. The SMILES string of the molecule is C=C(/C=C\N(C(N)=O)[C@H](O)[C@@H](C)[C@H](O[Si](C)(C)C(C)(C)C)C(C)CO)/N=C/N(C)C. The highest BCUT2D eigenvalue weighted by Gasteiger charge is 2.43. The van der Waals surface area contributed by atoms with E-state index in [1.807, 2.05) is 21.0 Å². The summed E-state index contributed by atoms with van der Waals surface area (Å²) in [5.41, 5.74) is 5.90. The molecule has 0 aromatic carbocycles. The van der Waals surface area contributed by atoms with Gasteiger partial charge in [0.15, 0.2) is 8.32 Å². The molecule has 0 radical (unpaired) electrons. The molecule has 30 heavy (non-hydrogen) atoms. The summed E-state index contributed by atoms with van der Waals surface area (Å²) in [5, 5.41) is 20.7. The third kappa shape index (κ3) is 8.59. The average molecular weight is 443 g/mol. The number of primary amides is 1. The minimum Gasteiger partial charge on any atom is -0.413 e. The quantitative estimate of drug-likeness (QED) is 0.150. The number of nitrogens with two attached hydrogens (primary N) is 1. The van der Waals surface area contributed by atoms with Crippen molar-refractivity contribution >= 4 is 20.7 Å². The molecule has 8 nitrogen and oxygen atoms in total. The number of nitrogens with zero attached hydrogens (tertiary/aromatic N) is 3. The fourth-order valence-corrected chi connectivity index (χ4v) is 3.96. The molecule has 1 unspecified atom stereocenters. The number of aliphatic imine (C=N–C) groups is 1. The molecule has 0 aliphatic rings. The third-order valence-corrected chi connectivity index (χ3v) is 9.97. The molecule has 0 saturated carbocycles. The van der Waals surface area contributed by atoms with Crippen LogP contribution in [0.25, 0.3) is 0 Å². The van der Waals surface area contributed by atoms with Crippen molar-refractivity contribution in [2.24, 2.45) is 22.6 Å². The number of hydrogen-bond acceptors (Lipinski definition) is 5. The summed E-state index contributed by atoms with van der Waals surface area (Å²) in [6, 6.07) is -0.808. The number of allylic oxidation sites excluding steroid dienone is 1. The minimum absolute atomic E-state index is 0.0451. The van der Waals surface area contributed by atoms with E-state index in [9.17, 15) is 15.0 Å². The molecule has 0 aliphatic carbocycles. The largest absolute Gasteiger partial charge is 0.413 e. The molecule has 0 spiro atoms. The number of carbonyl (C=O) groups is 1. The van der Waals surface area contributed by atoms with E-state index in [4.69, 9.17) is 10.2 Å². The number of aliphatic hydroxyl groups is 2. The standard InChI is InChI=1S/C21H42N4O4Si/c1-15(13-26)18(29-30(9,10)21(4,5)6)17(3)19(27)25(20(22)28)12-11-16(2)23-14-24(7)8/h11-12,14-15,17-19,26-27H,2,13H2,1,3-10H3,(H2,22,28)/b12-11-,23-14+/t15?,17-,18+,19+/m0/s1. The molecule has 4 N–H and O–H groups in total. The number of amides is 2. The molecule has 0 aliphatic heterocycles. The summed E-state index contributed by atoms with van der Waals surface area (Å²) >= 11 is 0. The van der Waals surface area contributed by atoms with Crippen LogP contribution in [0.1, 0.15) is 34.6 Å². The zero-order chi connectivity index (χ0) is 23.9. The Morgan fingerprint density at radius 3 is 2.23 bits per heavy atom. The second-order valence-electron chi connectivity index (χ2n) is 9.54. The summed E-state index contributed by atoms with van der Waals surface area (Å²) in [7, 11) is 1.46. The van der Waals surface area contributed by atoms with Crippen molar-refractivity contribution in [1.82, 2.24) is 9.80 Å². The maximum atomic E-state index is 12.0. The van der Waals surface area contributed by atoms with Crippen LogP contribution in [0.2, 0.25) is 18.1 Å². The van der Waals surface area contributed by atoms with Gasteiger partial charge in [0.2, 0.25) is 0 Å². The maximum absolute atomic E-state index is 12.0. The van der Waals surface area contributed by atoms with Gasteiger partial charge in [0.25, 0.3) is 0 Å². The van der Waals surface area contributed by atoms with Crippen LogP contribution in [0.5, 0.6) is 0 Å². The topological polar surface area (TPSA) is 112 Å². The Kier molecular flexibility index (Phi) is 11.0. The van der Waals surface area contributed by atoms with Crippen LogP contribution >= 0.6 is 0 Å². The number of aliphatic hydroxyl groups excluding tert-OH is 2. The highest BCUT2D eigenvalue weighted by molar-refractivity contribution is 6.74. The lowest BCUT2D eigenvalue weighted by Gasteiger charge is -2.44. The van der Waals surface area contributed by atoms with Crippen molar-refractivity contribution < 1.29 is 19.4 Å². The molecule has 9 heteroatoms. The molecule has 0 bridgehead atoms. The Bertz CT molecular complexity index is 629. The molecule has 4 atom stereocenters. The number of rotatable bonds is 11. The first-order valence-electron chi connectivity index (χ1n) is 10.2. The fraction of sp³-hybridized carbons (Fsp3) is 0.714. The average Bonchev–Trinajstić information content (AvgIpc) is 2.61. The van der Waals surface area contributed by atoms with Gasteiger partial charge in [-0.3, -0.25) is 4.90 Å². The zero-order valence-corrected chi connectivity index (χ0v) is 21.1. The lowest BCUT2D eigenvalue weighted by atomic mass is 9.92. The van der Waals surface area contributed by atoms with Crippen molar-refractivity contribution in [3.05, 3.63) is 24.6 Å². The van der Waals surface area contributed by atoms with Crippen LogP contribution < -0.4 is 5.73 Å². The van der Waals surface area contributed by atoms with Gasteiger partial charge in [-0.1, -0.05) is 41.2 Å². The second-order valence-corrected chi connectivity index (χ2v) is 14.3. The van der Waals surface area contributed by atoms with E-state index in [1.54, 1.807) is 18.2 Å². The van der Waals surface area contributed by atoms with Crippen molar-refractivity contribution in [3.63, 3.8) is 0 Å². The molecular weight excluding hydrogens is 400 g/mol. The van der Waals surface area contributed by atoms with Crippen molar-refractivity contribution in [1.29, 1.82) is 0 Å². The Balaban J connectivity index is 5.70. The molecular formula is C21H42N4O4Si. The van der Waals surface area contributed by atoms with Gasteiger partial charge in [0.05, 0.1) is 18.1 Å². The van der Waals surface area contributed by atoms with Crippen molar-refractivity contribution in [2.75, 3.05) is 20.7 Å². The van der Waals surface area contributed by atoms with Crippen LogP contribution in [0.15, 0.2) is 29.5 Å². The van der Waals surface area contributed by atoms with Gasteiger partial charge in [-0.05, 0) is 24.2 Å². The molecule has 0 saturated heterocycles.